The number of ether oxygens (including phenoxy) is 1. The fourth-order valence-electron chi connectivity index (χ4n) is 1.38. The van der Waals surface area contributed by atoms with E-state index < -0.39 is 0 Å². The number of hydrogen-bond acceptors (Lipinski definition) is 5. The molecule has 0 aliphatic heterocycles. The van der Waals surface area contributed by atoms with Gasteiger partial charge < -0.3 is 14.5 Å². The summed E-state index contributed by atoms with van der Waals surface area (Å²) in [5, 5.41) is 11.4. The van der Waals surface area contributed by atoms with Gasteiger partial charge in [-0.2, -0.15) is 0 Å². The normalized spacial score (nSPS) is 12.9. The molecule has 5 heteroatoms. The van der Waals surface area contributed by atoms with Gasteiger partial charge in [0.15, 0.2) is 0 Å². The first-order valence-electron chi connectivity index (χ1n) is 5.95. The van der Waals surface area contributed by atoms with Crippen molar-refractivity contribution >= 4 is 0 Å². The molecular formula is C11H21N3O2. The molecule has 1 heterocycles. The molecule has 1 N–H and O–H groups in total. The minimum atomic E-state index is 0.155. The van der Waals surface area contributed by atoms with Crippen molar-refractivity contribution in [2.75, 3.05) is 13.2 Å². The van der Waals surface area contributed by atoms with Crippen molar-refractivity contribution in [3.63, 3.8) is 0 Å². The Morgan fingerprint density at radius 1 is 1.31 bits per heavy atom. The second-order valence-electron chi connectivity index (χ2n) is 3.59. The minimum Gasteiger partial charge on any atom is -0.421 e. The Bertz CT molecular complexity index is 289. The van der Waals surface area contributed by atoms with E-state index in [0.717, 1.165) is 19.4 Å². The summed E-state index contributed by atoms with van der Waals surface area (Å²) in [6.45, 7) is 8.18. The van der Waals surface area contributed by atoms with E-state index in [2.05, 4.69) is 29.4 Å². The van der Waals surface area contributed by atoms with E-state index in [4.69, 9.17) is 9.15 Å². The molecule has 0 saturated carbocycles. The van der Waals surface area contributed by atoms with Crippen molar-refractivity contribution in [1.29, 1.82) is 0 Å². The Hall–Kier alpha value is -0.940. The molecule has 0 saturated heterocycles. The fraction of sp³-hybridized carbons (Fsp3) is 0.818. The maximum Gasteiger partial charge on any atom is 0.242 e. The number of nitrogens with zero attached hydrogens (tertiary/aromatic N) is 2. The summed E-state index contributed by atoms with van der Waals surface area (Å²) in [6, 6.07) is 0.155. The van der Waals surface area contributed by atoms with E-state index in [1.54, 1.807) is 0 Å². The standard InChI is InChI=1S/C11H21N3O2/c1-4-7-12-9(5-2)11-14-13-10(16-11)8-15-6-3/h9,12H,4-8H2,1-3H3. The highest BCUT2D eigenvalue weighted by atomic mass is 16.5. The van der Waals surface area contributed by atoms with Crippen molar-refractivity contribution in [2.45, 2.75) is 46.3 Å². The topological polar surface area (TPSA) is 60.2 Å². The van der Waals surface area contributed by atoms with Gasteiger partial charge in [-0.05, 0) is 26.3 Å². The van der Waals surface area contributed by atoms with Crippen LogP contribution in [0.5, 0.6) is 0 Å². The molecule has 0 radical (unpaired) electrons. The average Bonchev–Trinajstić information content (AvgIpc) is 2.76. The van der Waals surface area contributed by atoms with E-state index >= 15 is 0 Å². The van der Waals surface area contributed by atoms with E-state index in [0.29, 0.717) is 25.0 Å². The number of nitrogens with one attached hydrogen (secondary N) is 1. The van der Waals surface area contributed by atoms with Gasteiger partial charge >= 0.3 is 0 Å². The molecule has 0 fully saturated rings. The first-order valence-corrected chi connectivity index (χ1v) is 5.95. The monoisotopic (exact) mass is 227 g/mol. The smallest absolute Gasteiger partial charge is 0.242 e. The van der Waals surface area contributed by atoms with Gasteiger partial charge in [0.1, 0.15) is 6.61 Å². The zero-order valence-corrected chi connectivity index (χ0v) is 10.3. The number of aromatic nitrogens is 2. The van der Waals surface area contributed by atoms with Crippen molar-refractivity contribution in [3.05, 3.63) is 11.8 Å². The molecule has 1 aromatic heterocycles. The summed E-state index contributed by atoms with van der Waals surface area (Å²) in [4.78, 5) is 0. The molecule has 16 heavy (non-hydrogen) atoms. The van der Waals surface area contributed by atoms with Crippen LogP contribution in [0.4, 0.5) is 0 Å². The van der Waals surface area contributed by atoms with Crippen LogP contribution >= 0.6 is 0 Å². The molecule has 0 aliphatic carbocycles. The second kappa shape index (κ2) is 7.35. The van der Waals surface area contributed by atoms with E-state index in [1.165, 1.54) is 0 Å². The molecule has 0 bridgehead atoms. The molecular weight excluding hydrogens is 206 g/mol. The minimum absolute atomic E-state index is 0.155. The first-order chi connectivity index (χ1) is 7.81. The van der Waals surface area contributed by atoms with Gasteiger partial charge in [-0.3, -0.25) is 0 Å². The summed E-state index contributed by atoms with van der Waals surface area (Å²) in [5.74, 6) is 1.21. The largest absolute Gasteiger partial charge is 0.421 e. The van der Waals surface area contributed by atoms with Gasteiger partial charge in [0.05, 0.1) is 6.04 Å². The summed E-state index contributed by atoms with van der Waals surface area (Å²) >= 11 is 0. The Morgan fingerprint density at radius 3 is 2.75 bits per heavy atom. The Labute approximate surface area is 96.6 Å². The Balaban J connectivity index is 2.52. The molecule has 1 rings (SSSR count). The lowest BCUT2D eigenvalue weighted by Gasteiger charge is -2.11. The number of rotatable bonds is 8. The molecule has 0 amide bonds. The van der Waals surface area contributed by atoms with Crippen molar-refractivity contribution in [2.24, 2.45) is 0 Å². The van der Waals surface area contributed by atoms with Crippen LogP contribution < -0.4 is 5.32 Å². The lowest BCUT2D eigenvalue weighted by Crippen LogP contribution is -2.21. The van der Waals surface area contributed by atoms with Gasteiger partial charge in [-0.25, -0.2) is 0 Å². The summed E-state index contributed by atoms with van der Waals surface area (Å²) in [6.07, 6.45) is 2.03. The van der Waals surface area contributed by atoms with E-state index in [-0.39, 0.29) is 6.04 Å². The van der Waals surface area contributed by atoms with Gasteiger partial charge in [0, 0.05) is 6.61 Å². The second-order valence-corrected chi connectivity index (χ2v) is 3.59. The molecule has 1 unspecified atom stereocenters. The average molecular weight is 227 g/mol. The molecule has 1 aromatic rings. The lowest BCUT2D eigenvalue weighted by atomic mass is 10.2. The van der Waals surface area contributed by atoms with Crippen LogP contribution in [0.1, 0.15) is 51.4 Å². The highest BCUT2D eigenvalue weighted by molar-refractivity contribution is 4.89. The zero-order valence-electron chi connectivity index (χ0n) is 10.3. The molecule has 92 valence electrons. The highest BCUT2D eigenvalue weighted by Gasteiger charge is 2.15. The molecule has 1 atom stereocenters. The quantitative estimate of drug-likeness (QED) is 0.736. The molecule has 0 aliphatic rings. The Morgan fingerprint density at radius 2 is 2.12 bits per heavy atom. The molecule has 5 nitrogen and oxygen atoms in total. The summed E-state index contributed by atoms with van der Waals surface area (Å²) in [5.41, 5.74) is 0. The van der Waals surface area contributed by atoms with Crippen LogP contribution in [0.3, 0.4) is 0 Å². The zero-order chi connectivity index (χ0) is 11.8. The predicted octanol–water partition coefficient (Wildman–Crippen LogP) is 2.06. The van der Waals surface area contributed by atoms with E-state index in [1.807, 2.05) is 6.92 Å². The third kappa shape index (κ3) is 3.90. The van der Waals surface area contributed by atoms with Gasteiger partial charge in [-0.1, -0.05) is 13.8 Å². The SMILES string of the molecule is CCCNC(CC)c1nnc(COCC)o1. The van der Waals surface area contributed by atoms with Crippen LogP contribution in [0.25, 0.3) is 0 Å². The van der Waals surface area contributed by atoms with Crippen LogP contribution in [0, 0.1) is 0 Å². The summed E-state index contributed by atoms with van der Waals surface area (Å²) < 4.78 is 10.7. The summed E-state index contributed by atoms with van der Waals surface area (Å²) in [7, 11) is 0. The van der Waals surface area contributed by atoms with Crippen molar-refractivity contribution in [1.82, 2.24) is 15.5 Å². The third-order valence-corrected chi connectivity index (χ3v) is 2.26. The fourth-order valence-corrected chi connectivity index (χ4v) is 1.38. The third-order valence-electron chi connectivity index (χ3n) is 2.26. The maximum absolute atomic E-state index is 5.53. The van der Waals surface area contributed by atoms with E-state index in [9.17, 15) is 0 Å². The lowest BCUT2D eigenvalue weighted by molar-refractivity contribution is 0.112. The number of hydrogen-bond donors (Lipinski definition) is 1. The van der Waals surface area contributed by atoms with Crippen LogP contribution in [0.15, 0.2) is 4.42 Å². The Kier molecular flexibility index (Phi) is 6.03. The van der Waals surface area contributed by atoms with Crippen molar-refractivity contribution < 1.29 is 9.15 Å². The van der Waals surface area contributed by atoms with Crippen molar-refractivity contribution in [3.8, 4) is 0 Å². The van der Waals surface area contributed by atoms with Crippen LogP contribution in [-0.4, -0.2) is 23.3 Å². The van der Waals surface area contributed by atoms with Gasteiger partial charge in [-0.15, -0.1) is 10.2 Å². The van der Waals surface area contributed by atoms with Crippen LogP contribution in [-0.2, 0) is 11.3 Å². The van der Waals surface area contributed by atoms with Gasteiger partial charge in [0.2, 0.25) is 11.8 Å². The first kappa shape index (κ1) is 13.1. The predicted molar refractivity (Wildman–Crippen MR) is 61.0 cm³/mol. The van der Waals surface area contributed by atoms with Gasteiger partial charge in [0.25, 0.3) is 0 Å². The highest BCUT2D eigenvalue weighted by Crippen LogP contribution is 2.15. The van der Waals surface area contributed by atoms with Crippen LogP contribution in [0.2, 0.25) is 0 Å². The maximum atomic E-state index is 5.53. The molecule has 0 aromatic carbocycles. The molecule has 0 spiro atoms.